The molecule has 5 nitrogen and oxygen atoms in total. The lowest BCUT2D eigenvalue weighted by Gasteiger charge is -2.38. The summed E-state index contributed by atoms with van der Waals surface area (Å²) in [5.41, 5.74) is 1.21. The van der Waals surface area contributed by atoms with Crippen molar-refractivity contribution in [3.8, 4) is 0 Å². The van der Waals surface area contributed by atoms with Gasteiger partial charge in [0.25, 0.3) is 0 Å². The third-order valence-electron chi connectivity index (χ3n) is 5.61. The molecule has 0 bridgehead atoms. The normalized spacial score (nSPS) is 23.9. The van der Waals surface area contributed by atoms with Gasteiger partial charge >= 0.3 is 0 Å². The van der Waals surface area contributed by atoms with E-state index in [1.807, 2.05) is 24.3 Å². The second-order valence-corrected chi connectivity index (χ2v) is 7.08. The van der Waals surface area contributed by atoms with E-state index in [2.05, 4.69) is 31.9 Å². The molecule has 0 radical (unpaired) electrons. The molecule has 1 aromatic carbocycles. The first-order chi connectivity index (χ1) is 12.3. The van der Waals surface area contributed by atoms with Gasteiger partial charge in [-0.05, 0) is 37.3 Å². The van der Waals surface area contributed by atoms with Crippen LogP contribution in [-0.2, 0) is 11.3 Å². The Morgan fingerprint density at radius 2 is 1.76 bits per heavy atom. The highest BCUT2D eigenvalue weighted by atomic mass is 16.2. The molecule has 1 spiro atoms. The fraction of sp³-hybridized carbons (Fsp3) is 0.450. The minimum absolute atomic E-state index is 0.00352. The molecular formula is C20H24N4O. The van der Waals surface area contributed by atoms with Crippen molar-refractivity contribution in [2.45, 2.75) is 44.2 Å². The zero-order valence-electron chi connectivity index (χ0n) is 14.5. The van der Waals surface area contributed by atoms with Crippen molar-refractivity contribution in [3.05, 3.63) is 54.4 Å². The van der Waals surface area contributed by atoms with E-state index in [4.69, 9.17) is 0 Å². The standard InChI is InChI=1S/C20H24N4O/c25-18-8-10-20(24(18)16-17-6-2-1-3-7-17)9-4-14-23(15-11-20)19-21-12-5-13-22-19/h1-3,5-7,12-13H,4,8-11,14-16H2/t20-/m0/s1. The van der Waals surface area contributed by atoms with Gasteiger partial charge in [0, 0.05) is 44.0 Å². The molecule has 0 unspecified atom stereocenters. The van der Waals surface area contributed by atoms with E-state index in [-0.39, 0.29) is 5.54 Å². The summed E-state index contributed by atoms with van der Waals surface area (Å²) >= 11 is 0. The van der Waals surface area contributed by atoms with Crippen molar-refractivity contribution in [2.24, 2.45) is 0 Å². The van der Waals surface area contributed by atoms with Crippen LogP contribution >= 0.6 is 0 Å². The highest BCUT2D eigenvalue weighted by Crippen LogP contribution is 2.40. The number of carbonyl (C=O) groups excluding carboxylic acids is 1. The number of amides is 1. The Kier molecular flexibility index (Phi) is 4.38. The van der Waals surface area contributed by atoms with Crippen molar-refractivity contribution in [1.82, 2.24) is 14.9 Å². The Bertz CT molecular complexity index is 721. The maximum absolute atomic E-state index is 12.6. The minimum Gasteiger partial charge on any atom is -0.341 e. The lowest BCUT2D eigenvalue weighted by atomic mass is 9.87. The molecule has 0 saturated carbocycles. The molecule has 1 atom stereocenters. The number of benzene rings is 1. The summed E-state index contributed by atoms with van der Waals surface area (Å²) in [4.78, 5) is 25.8. The predicted octanol–water partition coefficient (Wildman–Crippen LogP) is 3.03. The molecule has 2 fully saturated rings. The molecule has 2 aliphatic heterocycles. The van der Waals surface area contributed by atoms with Crippen LogP contribution in [0.5, 0.6) is 0 Å². The smallest absolute Gasteiger partial charge is 0.225 e. The molecule has 4 rings (SSSR count). The average molecular weight is 336 g/mol. The third kappa shape index (κ3) is 3.23. The van der Waals surface area contributed by atoms with Gasteiger partial charge in [-0.3, -0.25) is 4.79 Å². The van der Waals surface area contributed by atoms with E-state index in [1.54, 1.807) is 12.4 Å². The number of hydrogen-bond acceptors (Lipinski definition) is 4. The van der Waals surface area contributed by atoms with Crippen molar-refractivity contribution >= 4 is 11.9 Å². The molecule has 2 aliphatic rings. The first-order valence-electron chi connectivity index (χ1n) is 9.13. The first kappa shape index (κ1) is 16.1. The molecule has 130 valence electrons. The fourth-order valence-electron chi connectivity index (χ4n) is 4.25. The van der Waals surface area contributed by atoms with Crippen molar-refractivity contribution in [1.29, 1.82) is 0 Å². The fourth-order valence-corrected chi connectivity index (χ4v) is 4.25. The molecule has 0 aliphatic carbocycles. The van der Waals surface area contributed by atoms with Crippen LogP contribution in [0.4, 0.5) is 5.95 Å². The Labute approximate surface area is 148 Å². The number of carbonyl (C=O) groups is 1. The predicted molar refractivity (Wildman–Crippen MR) is 97.1 cm³/mol. The monoisotopic (exact) mass is 336 g/mol. The van der Waals surface area contributed by atoms with Gasteiger partial charge in [0.05, 0.1) is 0 Å². The molecule has 2 aromatic rings. The summed E-state index contributed by atoms with van der Waals surface area (Å²) in [6.45, 7) is 2.59. The maximum atomic E-state index is 12.6. The SMILES string of the molecule is O=C1CC[C@]2(CCCN(c3ncccn3)CC2)N1Cc1ccccc1. The van der Waals surface area contributed by atoms with Gasteiger partial charge in [-0.15, -0.1) is 0 Å². The third-order valence-corrected chi connectivity index (χ3v) is 5.61. The second kappa shape index (κ2) is 6.82. The minimum atomic E-state index is -0.00352. The van der Waals surface area contributed by atoms with Crippen LogP contribution < -0.4 is 4.90 Å². The van der Waals surface area contributed by atoms with Gasteiger partial charge in [-0.25, -0.2) is 9.97 Å². The Hall–Kier alpha value is -2.43. The van der Waals surface area contributed by atoms with Gasteiger partial charge < -0.3 is 9.80 Å². The van der Waals surface area contributed by atoms with Crippen LogP contribution in [0.25, 0.3) is 0 Å². The van der Waals surface area contributed by atoms with E-state index >= 15 is 0 Å². The molecule has 0 N–H and O–H groups in total. The zero-order valence-corrected chi connectivity index (χ0v) is 14.5. The van der Waals surface area contributed by atoms with E-state index < -0.39 is 0 Å². The van der Waals surface area contributed by atoms with Gasteiger partial charge in [-0.1, -0.05) is 30.3 Å². The van der Waals surface area contributed by atoms with Crippen LogP contribution in [0.2, 0.25) is 0 Å². The zero-order chi connectivity index (χ0) is 17.1. The molecule has 1 aromatic heterocycles. The van der Waals surface area contributed by atoms with Crippen molar-refractivity contribution < 1.29 is 4.79 Å². The number of aromatic nitrogens is 2. The number of rotatable bonds is 3. The van der Waals surface area contributed by atoms with E-state index in [9.17, 15) is 4.79 Å². The maximum Gasteiger partial charge on any atom is 0.225 e. The lowest BCUT2D eigenvalue weighted by molar-refractivity contribution is -0.132. The average Bonchev–Trinajstić information content (AvgIpc) is 2.84. The summed E-state index contributed by atoms with van der Waals surface area (Å²) in [6.07, 6.45) is 8.36. The number of likely N-dealkylation sites (tertiary alicyclic amines) is 1. The topological polar surface area (TPSA) is 49.3 Å². The van der Waals surface area contributed by atoms with E-state index in [0.29, 0.717) is 12.3 Å². The Morgan fingerprint density at radius 3 is 2.56 bits per heavy atom. The Balaban J connectivity index is 1.53. The highest BCUT2D eigenvalue weighted by molar-refractivity contribution is 5.79. The largest absolute Gasteiger partial charge is 0.341 e. The van der Waals surface area contributed by atoms with Crippen LogP contribution in [0.15, 0.2) is 48.8 Å². The second-order valence-electron chi connectivity index (χ2n) is 7.08. The first-order valence-corrected chi connectivity index (χ1v) is 9.13. The van der Waals surface area contributed by atoms with E-state index in [1.165, 1.54) is 5.56 Å². The summed E-state index contributed by atoms with van der Waals surface area (Å²) in [7, 11) is 0. The highest BCUT2D eigenvalue weighted by Gasteiger charge is 2.45. The van der Waals surface area contributed by atoms with Crippen molar-refractivity contribution in [2.75, 3.05) is 18.0 Å². The van der Waals surface area contributed by atoms with Crippen LogP contribution in [0.1, 0.15) is 37.7 Å². The number of hydrogen-bond donors (Lipinski definition) is 0. The van der Waals surface area contributed by atoms with Crippen LogP contribution in [0, 0.1) is 0 Å². The lowest BCUT2D eigenvalue weighted by Crippen LogP contribution is -2.46. The molecule has 3 heterocycles. The number of anilines is 1. The Morgan fingerprint density at radius 1 is 0.960 bits per heavy atom. The summed E-state index contributed by atoms with van der Waals surface area (Å²) in [5.74, 6) is 1.10. The molecule has 5 heteroatoms. The van der Waals surface area contributed by atoms with Crippen molar-refractivity contribution in [3.63, 3.8) is 0 Å². The quantitative estimate of drug-likeness (QED) is 0.864. The van der Waals surface area contributed by atoms with Crippen LogP contribution in [0.3, 0.4) is 0 Å². The molecular weight excluding hydrogens is 312 g/mol. The van der Waals surface area contributed by atoms with Gasteiger partial charge in [0.2, 0.25) is 11.9 Å². The summed E-state index contributed by atoms with van der Waals surface area (Å²) < 4.78 is 0. The molecule has 1 amide bonds. The van der Waals surface area contributed by atoms with E-state index in [0.717, 1.165) is 51.3 Å². The van der Waals surface area contributed by atoms with Gasteiger partial charge in [0.15, 0.2) is 0 Å². The number of nitrogens with zero attached hydrogens (tertiary/aromatic N) is 4. The molecule has 2 saturated heterocycles. The van der Waals surface area contributed by atoms with Gasteiger partial charge in [-0.2, -0.15) is 0 Å². The summed E-state index contributed by atoms with van der Waals surface area (Å²) in [5, 5.41) is 0. The summed E-state index contributed by atoms with van der Waals surface area (Å²) in [6, 6.07) is 12.2. The van der Waals surface area contributed by atoms with Gasteiger partial charge in [0.1, 0.15) is 0 Å². The molecule has 25 heavy (non-hydrogen) atoms. The van der Waals surface area contributed by atoms with Crippen LogP contribution in [-0.4, -0.2) is 39.4 Å².